The van der Waals surface area contributed by atoms with Gasteiger partial charge in [0, 0.05) is 0 Å². The molecular weight excluding hydrogens is 164 g/mol. The lowest BCUT2D eigenvalue weighted by molar-refractivity contribution is -0.329. The van der Waals surface area contributed by atoms with E-state index in [1.807, 2.05) is 0 Å². The molecule has 2 saturated heterocycles. The van der Waals surface area contributed by atoms with Gasteiger partial charge in [-0.1, -0.05) is 0 Å². The van der Waals surface area contributed by atoms with E-state index in [4.69, 9.17) is 23.7 Å². The summed E-state index contributed by atoms with van der Waals surface area (Å²) in [7, 11) is 0. The normalized spacial score (nSPS) is 29.0. The summed E-state index contributed by atoms with van der Waals surface area (Å²) in [4.78, 5) is 0. The highest BCUT2D eigenvalue weighted by molar-refractivity contribution is 4.64. The standard InChI is InChI=1S/C7H12O5/c1-6(2-9-3-8-1)7-11-4-10-5-12-7/h6-7H,1-5H2. The van der Waals surface area contributed by atoms with Gasteiger partial charge < -0.3 is 23.7 Å². The maximum absolute atomic E-state index is 5.21. The van der Waals surface area contributed by atoms with E-state index in [-0.39, 0.29) is 12.2 Å². The van der Waals surface area contributed by atoms with E-state index in [1.165, 1.54) is 0 Å². The van der Waals surface area contributed by atoms with Gasteiger partial charge in [-0.3, -0.25) is 0 Å². The summed E-state index contributed by atoms with van der Waals surface area (Å²) in [6.07, 6.45) is -0.237. The van der Waals surface area contributed by atoms with Crippen molar-refractivity contribution in [3.05, 3.63) is 0 Å². The molecule has 0 atom stereocenters. The zero-order chi connectivity index (χ0) is 8.23. The van der Waals surface area contributed by atoms with Crippen LogP contribution >= 0.6 is 0 Å². The first-order valence-corrected chi connectivity index (χ1v) is 3.93. The molecule has 0 aromatic rings. The Morgan fingerprint density at radius 2 is 1.42 bits per heavy atom. The van der Waals surface area contributed by atoms with E-state index in [1.54, 1.807) is 0 Å². The predicted molar refractivity (Wildman–Crippen MR) is 37.0 cm³/mol. The van der Waals surface area contributed by atoms with Crippen LogP contribution in [0, 0.1) is 5.92 Å². The van der Waals surface area contributed by atoms with Crippen molar-refractivity contribution in [3.63, 3.8) is 0 Å². The van der Waals surface area contributed by atoms with E-state index in [0.29, 0.717) is 33.6 Å². The summed E-state index contributed by atoms with van der Waals surface area (Å²) in [5.74, 6) is 0.169. The largest absolute Gasteiger partial charge is 0.355 e. The zero-order valence-corrected chi connectivity index (χ0v) is 6.73. The lowest BCUT2D eigenvalue weighted by Crippen LogP contribution is -2.40. The Morgan fingerprint density at radius 3 is 2.08 bits per heavy atom. The van der Waals surface area contributed by atoms with Crippen molar-refractivity contribution >= 4 is 0 Å². The first-order valence-electron chi connectivity index (χ1n) is 3.93. The summed E-state index contributed by atoms with van der Waals surface area (Å²) >= 11 is 0. The molecule has 0 amide bonds. The second-order valence-electron chi connectivity index (χ2n) is 2.76. The molecule has 0 saturated carbocycles. The second-order valence-corrected chi connectivity index (χ2v) is 2.76. The third-order valence-corrected chi connectivity index (χ3v) is 1.85. The minimum Gasteiger partial charge on any atom is -0.355 e. The van der Waals surface area contributed by atoms with Crippen LogP contribution in [-0.4, -0.2) is 39.9 Å². The smallest absolute Gasteiger partial charge is 0.170 e. The molecule has 2 fully saturated rings. The van der Waals surface area contributed by atoms with Crippen molar-refractivity contribution < 1.29 is 23.7 Å². The SMILES string of the molecule is C1OCC(C2OCOCO2)CO1. The van der Waals surface area contributed by atoms with Crippen LogP contribution in [0.25, 0.3) is 0 Å². The molecule has 0 bridgehead atoms. The van der Waals surface area contributed by atoms with E-state index in [0.717, 1.165) is 0 Å². The van der Waals surface area contributed by atoms with Crippen LogP contribution < -0.4 is 0 Å². The Balaban J connectivity index is 1.80. The zero-order valence-electron chi connectivity index (χ0n) is 6.73. The first-order chi connectivity index (χ1) is 5.97. The molecule has 2 aliphatic rings. The average Bonchev–Trinajstić information content (AvgIpc) is 2.21. The van der Waals surface area contributed by atoms with Crippen molar-refractivity contribution in [2.45, 2.75) is 6.29 Å². The Hall–Kier alpha value is -0.200. The third-order valence-electron chi connectivity index (χ3n) is 1.85. The molecule has 0 aromatic heterocycles. The van der Waals surface area contributed by atoms with Gasteiger partial charge in [0.2, 0.25) is 0 Å². The highest BCUT2D eigenvalue weighted by Gasteiger charge is 2.28. The van der Waals surface area contributed by atoms with Crippen LogP contribution in [0.4, 0.5) is 0 Å². The molecule has 2 heterocycles. The monoisotopic (exact) mass is 176 g/mol. The predicted octanol–water partition coefficient (Wildman–Crippen LogP) is -0.0886. The maximum Gasteiger partial charge on any atom is 0.170 e. The lowest BCUT2D eigenvalue weighted by atomic mass is 10.1. The molecule has 5 heteroatoms. The van der Waals surface area contributed by atoms with E-state index >= 15 is 0 Å². The highest BCUT2D eigenvalue weighted by atomic mass is 16.8. The van der Waals surface area contributed by atoms with Crippen LogP contribution in [0.2, 0.25) is 0 Å². The summed E-state index contributed by atoms with van der Waals surface area (Å²) in [6.45, 7) is 2.22. The van der Waals surface area contributed by atoms with Gasteiger partial charge in [0.05, 0.1) is 19.1 Å². The molecule has 0 spiro atoms. The fourth-order valence-corrected chi connectivity index (χ4v) is 1.25. The van der Waals surface area contributed by atoms with Gasteiger partial charge in [0.15, 0.2) is 19.9 Å². The lowest BCUT2D eigenvalue weighted by Gasteiger charge is -2.32. The molecule has 0 aromatic carbocycles. The summed E-state index contributed by atoms with van der Waals surface area (Å²) in [5, 5.41) is 0. The summed E-state index contributed by atoms with van der Waals surface area (Å²) in [6, 6.07) is 0. The van der Waals surface area contributed by atoms with Gasteiger partial charge in [-0.25, -0.2) is 0 Å². The molecule has 0 N–H and O–H groups in total. The third kappa shape index (κ3) is 1.94. The van der Waals surface area contributed by atoms with Gasteiger partial charge >= 0.3 is 0 Å². The average molecular weight is 176 g/mol. The Labute approximate surface area is 70.5 Å². The molecule has 0 radical (unpaired) electrons. The first kappa shape index (κ1) is 8.40. The van der Waals surface area contributed by atoms with Crippen molar-refractivity contribution in [1.82, 2.24) is 0 Å². The topological polar surface area (TPSA) is 46.2 Å². The molecule has 70 valence electrons. The Kier molecular flexibility index (Phi) is 2.91. The van der Waals surface area contributed by atoms with E-state index < -0.39 is 0 Å². The number of rotatable bonds is 1. The molecule has 0 unspecified atom stereocenters. The molecule has 2 aliphatic heterocycles. The summed E-state index contributed by atoms with van der Waals surface area (Å²) < 4.78 is 25.5. The Morgan fingerprint density at radius 1 is 0.750 bits per heavy atom. The van der Waals surface area contributed by atoms with Crippen LogP contribution in [0.5, 0.6) is 0 Å². The highest BCUT2D eigenvalue weighted by Crippen LogP contribution is 2.17. The quantitative estimate of drug-likeness (QED) is 0.558. The fourth-order valence-electron chi connectivity index (χ4n) is 1.25. The van der Waals surface area contributed by atoms with Crippen LogP contribution in [0.3, 0.4) is 0 Å². The van der Waals surface area contributed by atoms with Crippen molar-refractivity contribution in [1.29, 1.82) is 0 Å². The molecule has 12 heavy (non-hydrogen) atoms. The minimum absolute atomic E-state index is 0.169. The second kappa shape index (κ2) is 4.15. The number of ether oxygens (including phenoxy) is 5. The fraction of sp³-hybridized carbons (Fsp3) is 1.00. The van der Waals surface area contributed by atoms with E-state index in [2.05, 4.69) is 0 Å². The number of hydrogen-bond acceptors (Lipinski definition) is 5. The van der Waals surface area contributed by atoms with Crippen LogP contribution in [0.15, 0.2) is 0 Å². The van der Waals surface area contributed by atoms with Gasteiger partial charge in [-0.05, 0) is 0 Å². The molecular formula is C7H12O5. The molecule has 2 rings (SSSR count). The van der Waals surface area contributed by atoms with Crippen molar-refractivity contribution in [3.8, 4) is 0 Å². The Bertz CT molecular complexity index is 112. The van der Waals surface area contributed by atoms with Gasteiger partial charge in [-0.15, -0.1) is 0 Å². The van der Waals surface area contributed by atoms with Gasteiger partial charge in [0.25, 0.3) is 0 Å². The van der Waals surface area contributed by atoms with Crippen LogP contribution in [-0.2, 0) is 23.7 Å². The molecule has 0 aliphatic carbocycles. The minimum atomic E-state index is -0.237. The van der Waals surface area contributed by atoms with Crippen molar-refractivity contribution in [2.75, 3.05) is 33.6 Å². The number of hydrogen-bond donors (Lipinski definition) is 0. The van der Waals surface area contributed by atoms with E-state index in [9.17, 15) is 0 Å². The van der Waals surface area contributed by atoms with Crippen LogP contribution in [0.1, 0.15) is 0 Å². The summed E-state index contributed by atoms with van der Waals surface area (Å²) in [5.41, 5.74) is 0. The van der Waals surface area contributed by atoms with Gasteiger partial charge in [-0.2, -0.15) is 0 Å². The molecule has 5 nitrogen and oxygen atoms in total. The maximum atomic E-state index is 5.21. The van der Waals surface area contributed by atoms with Gasteiger partial charge in [0.1, 0.15) is 6.79 Å². The van der Waals surface area contributed by atoms with Crippen molar-refractivity contribution in [2.24, 2.45) is 5.92 Å².